The monoisotopic (exact) mass is 350 g/mol. The van der Waals surface area contributed by atoms with Gasteiger partial charge in [0, 0.05) is 24.0 Å². The number of thiazole rings is 1. The SMILES string of the molecule is CCc1ccc(Cc2cnc(NC(=O)C3=NCCN3)s2)cc1.Cl. The lowest BCUT2D eigenvalue weighted by Gasteiger charge is -2.01. The van der Waals surface area contributed by atoms with Crippen LogP contribution in [0.2, 0.25) is 0 Å². The molecule has 2 heterocycles. The van der Waals surface area contributed by atoms with Crippen molar-refractivity contribution in [2.75, 3.05) is 18.4 Å². The van der Waals surface area contributed by atoms with Crippen LogP contribution in [0.5, 0.6) is 0 Å². The number of amides is 1. The fraction of sp³-hybridized carbons (Fsp3) is 0.312. The van der Waals surface area contributed by atoms with Crippen molar-refractivity contribution in [3.05, 3.63) is 46.5 Å². The number of carbonyl (C=O) groups is 1. The number of amidine groups is 1. The van der Waals surface area contributed by atoms with Crippen LogP contribution in [0.25, 0.3) is 0 Å². The summed E-state index contributed by atoms with van der Waals surface area (Å²) in [5.74, 6) is 0.178. The highest BCUT2D eigenvalue weighted by molar-refractivity contribution is 7.15. The first-order chi connectivity index (χ1) is 10.7. The van der Waals surface area contributed by atoms with Gasteiger partial charge in [-0.1, -0.05) is 31.2 Å². The van der Waals surface area contributed by atoms with Gasteiger partial charge in [0.2, 0.25) is 0 Å². The first kappa shape index (κ1) is 17.4. The summed E-state index contributed by atoms with van der Waals surface area (Å²) in [6.45, 7) is 3.52. The Morgan fingerprint density at radius 1 is 1.30 bits per heavy atom. The van der Waals surface area contributed by atoms with Crippen molar-refractivity contribution in [3.8, 4) is 0 Å². The van der Waals surface area contributed by atoms with Crippen molar-refractivity contribution < 1.29 is 4.79 Å². The van der Waals surface area contributed by atoms with Gasteiger partial charge in [-0.05, 0) is 17.5 Å². The van der Waals surface area contributed by atoms with Crippen LogP contribution in [0.3, 0.4) is 0 Å². The predicted molar refractivity (Wildman–Crippen MR) is 96.9 cm³/mol. The van der Waals surface area contributed by atoms with Crippen LogP contribution in [-0.4, -0.2) is 29.8 Å². The quantitative estimate of drug-likeness (QED) is 0.871. The van der Waals surface area contributed by atoms with Gasteiger partial charge in [-0.3, -0.25) is 15.1 Å². The molecule has 5 nitrogen and oxygen atoms in total. The molecule has 0 bridgehead atoms. The van der Waals surface area contributed by atoms with Gasteiger partial charge in [-0.2, -0.15) is 0 Å². The summed E-state index contributed by atoms with van der Waals surface area (Å²) in [4.78, 5) is 21.4. The highest BCUT2D eigenvalue weighted by Gasteiger charge is 2.16. The largest absolute Gasteiger partial charge is 0.364 e. The van der Waals surface area contributed by atoms with E-state index in [0.717, 1.165) is 24.3 Å². The Balaban J connectivity index is 0.00000192. The maximum Gasteiger partial charge on any atom is 0.292 e. The molecular formula is C16H19ClN4OS. The van der Waals surface area contributed by atoms with Gasteiger partial charge < -0.3 is 5.32 Å². The molecule has 0 unspecified atom stereocenters. The summed E-state index contributed by atoms with van der Waals surface area (Å²) < 4.78 is 0. The third-order valence-corrected chi connectivity index (χ3v) is 4.39. The van der Waals surface area contributed by atoms with Crippen LogP contribution < -0.4 is 10.6 Å². The average Bonchev–Trinajstić information content (AvgIpc) is 3.20. The second-order valence-corrected chi connectivity index (χ2v) is 6.20. The molecule has 1 aliphatic heterocycles. The zero-order chi connectivity index (χ0) is 15.4. The molecule has 0 radical (unpaired) electrons. The molecule has 0 saturated heterocycles. The Bertz CT molecular complexity index is 696. The molecule has 0 atom stereocenters. The summed E-state index contributed by atoms with van der Waals surface area (Å²) in [7, 11) is 0. The fourth-order valence-electron chi connectivity index (χ4n) is 2.25. The first-order valence-corrected chi connectivity index (χ1v) is 8.18. The normalized spacial score (nSPS) is 13.0. The van der Waals surface area contributed by atoms with Crippen LogP contribution in [0.1, 0.15) is 22.9 Å². The van der Waals surface area contributed by atoms with Crippen molar-refractivity contribution in [1.82, 2.24) is 10.3 Å². The number of carbonyl (C=O) groups excluding carboxylic acids is 1. The molecule has 1 amide bonds. The Hall–Kier alpha value is -1.92. The number of nitrogens with zero attached hydrogens (tertiary/aromatic N) is 2. The van der Waals surface area contributed by atoms with E-state index in [1.165, 1.54) is 22.5 Å². The van der Waals surface area contributed by atoms with Gasteiger partial charge in [0.05, 0.1) is 6.54 Å². The molecule has 0 saturated carbocycles. The molecule has 1 aromatic carbocycles. The number of rotatable bonds is 5. The van der Waals surface area contributed by atoms with Crippen LogP contribution in [-0.2, 0) is 17.6 Å². The molecule has 0 spiro atoms. The number of hydrogen-bond acceptors (Lipinski definition) is 5. The topological polar surface area (TPSA) is 66.4 Å². The summed E-state index contributed by atoms with van der Waals surface area (Å²) in [6.07, 6.45) is 3.70. The lowest BCUT2D eigenvalue weighted by atomic mass is 10.1. The summed E-state index contributed by atoms with van der Waals surface area (Å²) in [6, 6.07) is 8.61. The third-order valence-electron chi connectivity index (χ3n) is 3.47. The molecule has 23 heavy (non-hydrogen) atoms. The maximum atomic E-state index is 11.9. The second-order valence-electron chi connectivity index (χ2n) is 5.09. The number of aliphatic imine (C=N–C) groups is 1. The van der Waals surface area contributed by atoms with Gasteiger partial charge in [0.25, 0.3) is 5.91 Å². The zero-order valence-electron chi connectivity index (χ0n) is 12.8. The van der Waals surface area contributed by atoms with E-state index in [-0.39, 0.29) is 18.3 Å². The Kier molecular flexibility index (Phi) is 6.12. The van der Waals surface area contributed by atoms with Gasteiger partial charge in [-0.25, -0.2) is 4.98 Å². The molecule has 1 aromatic heterocycles. The average molecular weight is 351 g/mol. The second kappa shape index (κ2) is 8.08. The standard InChI is InChI=1S/C16H18N4OS.ClH/c1-2-11-3-5-12(6-4-11)9-13-10-19-16(22-13)20-15(21)14-17-7-8-18-14;/h3-6,10H,2,7-9H2,1H3,(H,17,18)(H,19,20,21);1H. The van der Waals surface area contributed by atoms with Crippen LogP contribution in [0.15, 0.2) is 35.5 Å². The minimum atomic E-state index is -0.217. The number of nitrogens with one attached hydrogen (secondary N) is 2. The van der Waals surface area contributed by atoms with E-state index in [9.17, 15) is 4.79 Å². The van der Waals surface area contributed by atoms with Gasteiger partial charge in [0.15, 0.2) is 11.0 Å². The minimum absolute atomic E-state index is 0. The van der Waals surface area contributed by atoms with Gasteiger partial charge >= 0.3 is 0 Å². The van der Waals surface area contributed by atoms with Crippen molar-refractivity contribution >= 4 is 40.6 Å². The molecule has 0 aliphatic carbocycles. The molecular weight excluding hydrogens is 332 g/mol. The van der Waals surface area contributed by atoms with Crippen molar-refractivity contribution in [3.63, 3.8) is 0 Å². The molecule has 3 rings (SSSR count). The van der Waals surface area contributed by atoms with Crippen LogP contribution in [0.4, 0.5) is 5.13 Å². The lowest BCUT2D eigenvalue weighted by molar-refractivity contribution is -0.110. The molecule has 122 valence electrons. The van der Waals surface area contributed by atoms with E-state index in [1.54, 1.807) is 0 Å². The summed E-state index contributed by atoms with van der Waals surface area (Å²) in [5.41, 5.74) is 2.59. The van der Waals surface area contributed by atoms with E-state index in [2.05, 4.69) is 51.8 Å². The van der Waals surface area contributed by atoms with Gasteiger partial charge in [-0.15, -0.1) is 23.7 Å². The Labute approximate surface area is 145 Å². The summed E-state index contributed by atoms with van der Waals surface area (Å²) in [5, 5.41) is 6.34. The van der Waals surface area contributed by atoms with Crippen molar-refractivity contribution in [1.29, 1.82) is 0 Å². The fourth-order valence-corrected chi connectivity index (χ4v) is 3.09. The summed E-state index contributed by atoms with van der Waals surface area (Å²) >= 11 is 1.50. The number of anilines is 1. The van der Waals surface area contributed by atoms with Crippen molar-refractivity contribution in [2.24, 2.45) is 4.99 Å². The number of benzene rings is 1. The zero-order valence-corrected chi connectivity index (χ0v) is 14.5. The van der Waals surface area contributed by atoms with E-state index >= 15 is 0 Å². The number of aromatic nitrogens is 1. The molecule has 2 N–H and O–H groups in total. The van der Waals surface area contributed by atoms with E-state index in [4.69, 9.17) is 0 Å². The van der Waals surface area contributed by atoms with Crippen LogP contribution in [0, 0.1) is 0 Å². The smallest absolute Gasteiger partial charge is 0.292 e. The van der Waals surface area contributed by atoms with E-state index < -0.39 is 0 Å². The third kappa shape index (κ3) is 4.53. The lowest BCUT2D eigenvalue weighted by Crippen LogP contribution is -2.32. The highest BCUT2D eigenvalue weighted by Crippen LogP contribution is 2.21. The number of hydrogen-bond donors (Lipinski definition) is 2. The van der Waals surface area contributed by atoms with E-state index in [0.29, 0.717) is 17.5 Å². The maximum absolute atomic E-state index is 11.9. The minimum Gasteiger partial charge on any atom is -0.364 e. The molecule has 7 heteroatoms. The number of halogens is 1. The van der Waals surface area contributed by atoms with Gasteiger partial charge in [0.1, 0.15) is 0 Å². The Morgan fingerprint density at radius 3 is 2.70 bits per heavy atom. The highest BCUT2D eigenvalue weighted by atomic mass is 35.5. The van der Waals surface area contributed by atoms with Crippen LogP contribution >= 0.6 is 23.7 Å². The number of aryl methyl sites for hydroxylation is 1. The Morgan fingerprint density at radius 2 is 2.04 bits per heavy atom. The predicted octanol–water partition coefficient (Wildman–Crippen LogP) is 2.66. The molecule has 1 aliphatic rings. The molecule has 2 aromatic rings. The first-order valence-electron chi connectivity index (χ1n) is 7.37. The van der Waals surface area contributed by atoms with Crippen molar-refractivity contribution in [2.45, 2.75) is 19.8 Å². The molecule has 0 fully saturated rings. The van der Waals surface area contributed by atoms with E-state index in [1.807, 2.05) is 6.20 Å².